The fourth-order valence-corrected chi connectivity index (χ4v) is 2.81. The predicted molar refractivity (Wildman–Crippen MR) is 82.1 cm³/mol. The summed E-state index contributed by atoms with van der Waals surface area (Å²) in [6, 6.07) is 8.36. The summed E-state index contributed by atoms with van der Waals surface area (Å²) in [5, 5.41) is 4.02. The van der Waals surface area contributed by atoms with Gasteiger partial charge >= 0.3 is 0 Å². The molecule has 0 unspecified atom stereocenters. The maximum absolute atomic E-state index is 4.98. The van der Waals surface area contributed by atoms with Crippen LogP contribution in [0.25, 0.3) is 11.4 Å². The monoisotopic (exact) mass is 295 g/mol. The third-order valence-corrected chi connectivity index (χ3v) is 4.00. The molecule has 0 spiro atoms. The van der Waals surface area contributed by atoms with Crippen molar-refractivity contribution in [2.45, 2.75) is 11.8 Å². The second kappa shape index (κ2) is 7.47. The van der Waals surface area contributed by atoms with Gasteiger partial charge in [-0.25, -0.2) is 0 Å². The molecule has 0 fully saturated rings. The highest BCUT2D eigenvalue weighted by atomic mass is 32.2. The van der Waals surface area contributed by atoms with E-state index in [4.69, 9.17) is 4.74 Å². The fourth-order valence-electron chi connectivity index (χ4n) is 1.54. The van der Waals surface area contributed by atoms with Crippen molar-refractivity contribution in [1.29, 1.82) is 0 Å². The first-order valence-electron chi connectivity index (χ1n) is 6.13. The molecular weight excluding hydrogens is 278 g/mol. The number of anilines is 1. The van der Waals surface area contributed by atoms with E-state index in [1.165, 1.54) is 16.4 Å². The minimum atomic E-state index is 0.665. The van der Waals surface area contributed by atoms with Gasteiger partial charge in [-0.15, -0.1) is 11.8 Å². The Bertz CT molecular complexity index is 499. The molecular formula is C13H17N3OS2. The van der Waals surface area contributed by atoms with Crippen molar-refractivity contribution in [2.75, 3.05) is 31.3 Å². The molecule has 4 nitrogen and oxygen atoms in total. The Balaban J connectivity index is 2.01. The van der Waals surface area contributed by atoms with Crippen LogP contribution in [0.15, 0.2) is 29.2 Å². The van der Waals surface area contributed by atoms with Crippen LogP contribution in [0.5, 0.6) is 0 Å². The molecule has 1 heterocycles. The number of thioether (sulfide) groups is 1. The van der Waals surface area contributed by atoms with Gasteiger partial charge in [-0.2, -0.15) is 9.36 Å². The fraction of sp³-hybridized carbons (Fsp3) is 0.385. The Hall–Kier alpha value is -1.11. The first-order chi connectivity index (χ1) is 9.33. The van der Waals surface area contributed by atoms with Crippen molar-refractivity contribution in [3.63, 3.8) is 0 Å². The van der Waals surface area contributed by atoms with Crippen LogP contribution >= 0.6 is 23.3 Å². The molecule has 0 amide bonds. The van der Waals surface area contributed by atoms with Crippen LogP contribution in [0.1, 0.15) is 6.92 Å². The van der Waals surface area contributed by atoms with Crippen molar-refractivity contribution in [3.05, 3.63) is 24.3 Å². The quantitative estimate of drug-likeness (QED) is 0.627. The third-order valence-electron chi connectivity index (χ3n) is 2.43. The highest BCUT2D eigenvalue weighted by Gasteiger charge is 2.06. The van der Waals surface area contributed by atoms with E-state index in [1.807, 2.05) is 11.8 Å². The zero-order valence-corrected chi connectivity index (χ0v) is 12.7. The van der Waals surface area contributed by atoms with Crippen LogP contribution in [-0.4, -0.2) is 35.4 Å². The number of methoxy groups -OCH3 is 1. The van der Waals surface area contributed by atoms with Gasteiger partial charge in [0, 0.05) is 35.6 Å². The predicted octanol–water partition coefficient (Wildman–Crippen LogP) is 3.38. The van der Waals surface area contributed by atoms with Crippen LogP contribution in [0.3, 0.4) is 0 Å². The molecule has 6 heteroatoms. The first kappa shape index (κ1) is 14.3. The minimum absolute atomic E-state index is 0.665. The van der Waals surface area contributed by atoms with E-state index in [0.29, 0.717) is 6.61 Å². The molecule has 0 saturated carbocycles. The molecule has 0 aliphatic carbocycles. The zero-order valence-electron chi connectivity index (χ0n) is 11.0. The summed E-state index contributed by atoms with van der Waals surface area (Å²) >= 11 is 3.21. The standard InChI is InChI=1S/C13H17N3OS2/c1-3-18-11-6-4-10(5-7-11)12-15-13(19-16-12)14-8-9-17-2/h4-7H,3,8-9H2,1-2H3,(H,14,15,16). The lowest BCUT2D eigenvalue weighted by atomic mass is 10.2. The van der Waals surface area contributed by atoms with E-state index in [1.54, 1.807) is 7.11 Å². The number of nitrogens with one attached hydrogen (secondary N) is 1. The summed E-state index contributed by atoms with van der Waals surface area (Å²) in [6.45, 7) is 3.56. The lowest BCUT2D eigenvalue weighted by Gasteiger charge is -2.00. The van der Waals surface area contributed by atoms with Gasteiger partial charge in [0.1, 0.15) is 0 Å². The Morgan fingerprint density at radius 2 is 2.11 bits per heavy atom. The number of hydrogen-bond acceptors (Lipinski definition) is 6. The Labute approximate surface area is 121 Å². The van der Waals surface area contributed by atoms with E-state index < -0.39 is 0 Å². The van der Waals surface area contributed by atoms with E-state index in [0.717, 1.165) is 28.8 Å². The maximum Gasteiger partial charge on any atom is 0.202 e. The third kappa shape index (κ3) is 4.19. The molecule has 19 heavy (non-hydrogen) atoms. The van der Waals surface area contributed by atoms with Gasteiger partial charge in [-0.3, -0.25) is 0 Å². The topological polar surface area (TPSA) is 47.0 Å². The average Bonchev–Trinajstić information content (AvgIpc) is 2.89. The number of benzene rings is 1. The smallest absolute Gasteiger partial charge is 0.202 e. The van der Waals surface area contributed by atoms with Crippen LogP contribution in [0.4, 0.5) is 5.13 Å². The van der Waals surface area contributed by atoms with Gasteiger partial charge in [0.15, 0.2) is 5.82 Å². The minimum Gasteiger partial charge on any atom is -0.383 e. The van der Waals surface area contributed by atoms with Crippen LogP contribution in [0, 0.1) is 0 Å². The van der Waals surface area contributed by atoms with Crippen molar-refractivity contribution >= 4 is 28.4 Å². The molecule has 0 radical (unpaired) electrons. The van der Waals surface area contributed by atoms with E-state index in [-0.39, 0.29) is 0 Å². The van der Waals surface area contributed by atoms with Gasteiger partial charge in [0.25, 0.3) is 0 Å². The molecule has 1 aromatic carbocycles. The van der Waals surface area contributed by atoms with Crippen molar-refractivity contribution in [2.24, 2.45) is 0 Å². The summed E-state index contributed by atoms with van der Waals surface area (Å²) in [6.07, 6.45) is 0. The van der Waals surface area contributed by atoms with Crippen molar-refractivity contribution in [3.8, 4) is 11.4 Å². The number of hydrogen-bond donors (Lipinski definition) is 1. The van der Waals surface area contributed by atoms with Crippen LogP contribution in [0.2, 0.25) is 0 Å². The summed E-state index contributed by atoms with van der Waals surface area (Å²) in [4.78, 5) is 5.74. The molecule has 0 aliphatic rings. The number of ether oxygens (including phenoxy) is 1. The molecule has 0 bridgehead atoms. The zero-order chi connectivity index (χ0) is 13.5. The molecule has 2 aromatic rings. The van der Waals surface area contributed by atoms with Gasteiger partial charge in [0.05, 0.1) is 6.61 Å². The molecule has 1 N–H and O–H groups in total. The second-order valence-corrected chi connectivity index (χ2v) is 5.89. The largest absolute Gasteiger partial charge is 0.383 e. The lowest BCUT2D eigenvalue weighted by Crippen LogP contribution is -2.06. The van der Waals surface area contributed by atoms with E-state index in [2.05, 4.69) is 45.9 Å². The normalized spacial score (nSPS) is 10.6. The van der Waals surface area contributed by atoms with Crippen LogP contribution in [-0.2, 0) is 4.74 Å². The van der Waals surface area contributed by atoms with Crippen molar-refractivity contribution in [1.82, 2.24) is 9.36 Å². The van der Waals surface area contributed by atoms with Gasteiger partial charge < -0.3 is 10.1 Å². The van der Waals surface area contributed by atoms with E-state index >= 15 is 0 Å². The first-order valence-corrected chi connectivity index (χ1v) is 7.89. The maximum atomic E-state index is 4.98. The SMILES string of the molecule is CCSc1ccc(-c2nsc(NCCOC)n2)cc1. The summed E-state index contributed by atoms with van der Waals surface area (Å²) < 4.78 is 9.34. The number of rotatable bonds is 7. The Morgan fingerprint density at radius 1 is 1.32 bits per heavy atom. The number of nitrogens with zero attached hydrogens (tertiary/aromatic N) is 2. The highest BCUT2D eigenvalue weighted by Crippen LogP contribution is 2.24. The molecule has 1 aromatic heterocycles. The van der Waals surface area contributed by atoms with Crippen LogP contribution < -0.4 is 5.32 Å². The van der Waals surface area contributed by atoms with E-state index in [9.17, 15) is 0 Å². The summed E-state index contributed by atoms with van der Waals surface area (Å²) in [5.41, 5.74) is 1.05. The Kier molecular flexibility index (Phi) is 5.62. The van der Waals surface area contributed by atoms with Gasteiger partial charge in [-0.1, -0.05) is 19.1 Å². The molecule has 0 aliphatic heterocycles. The molecule has 2 rings (SSSR count). The Morgan fingerprint density at radius 3 is 2.79 bits per heavy atom. The van der Waals surface area contributed by atoms with Crippen molar-refractivity contribution < 1.29 is 4.74 Å². The number of aromatic nitrogens is 2. The second-order valence-electron chi connectivity index (χ2n) is 3.80. The highest BCUT2D eigenvalue weighted by molar-refractivity contribution is 7.99. The molecule has 0 atom stereocenters. The average molecular weight is 295 g/mol. The molecule has 0 saturated heterocycles. The molecule has 102 valence electrons. The lowest BCUT2D eigenvalue weighted by molar-refractivity contribution is 0.211. The summed E-state index contributed by atoms with van der Waals surface area (Å²) in [5.74, 6) is 1.86. The van der Waals surface area contributed by atoms with Gasteiger partial charge in [-0.05, 0) is 17.9 Å². The summed E-state index contributed by atoms with van der Waals surface area (Å²) in [7, 11) is 1.68. The van der Waals surface area contributed by atoms with Gasteiger partial charge in [0.2, 0.25) is 5.13 Å².